The normalized spacial score (nSPS) is 15.9. The first-order valence-corrected chi connectivity index (χ1v) is 6.26. The van der Waals surface area contributed by atoms with Crippen molar-refractivity contribution in [2.45, 2.75) is 6.92 Å². The van der Waals surface area contributed by atoms with Gasteiger partial charge in [-0.3, -0.25) is 0 Å². The van der Waals surface area contributed by atoms with Crippen LogP contribution in [0.1, 0.15) is 5.56 Å². The Morgan fingerprint density at radius 3 is 2.72 bits per heavy atom. The lowest BCUT2D eigenvalue weighted by atomic mass is 10.1. The number of hydrogen-bond acceptors (Lipinski definition) is 3. The fourth-order valence-corrected chi connectivity index (χ4v) is 2.31. The van der Waals surface area contributed by atoms with Gasteiger partial charge in [-0.05, 0) is 24.6 Å². The lowest BCUT2D eigenvalue weighted by Gasteiger charge is -2.30. The summed E-state index contributed by atoms with van der Waals surface area (Å²) < 4.78 is 7.48. The van der Waals surface area contributed by atoms with Crippen LogP contribution in [-0.4, -0.2) is 35.9 Å². The van der Waals surface area contributed by atoms with Crippen molar-refractivity contribution in [1.82, 2.24) is 9.55 Å². The van der Waals surface area contributed by atoms with Gasteiger partial charge in [-0.15, -0.1) is 0 Å². The van der Waals surface area contributed by atoms with Gasteiger partial charge in [0.25, 0.3) is 0 Å². The predicted octanol–water partition coefficient (Wildman–Crippen LogP) is 2.02. The standard InChI is InChI=1S/C14H17N3O/c1-12-2-3-13(16-6-8-18-9-7-16)14(10-12)17-5-4-15-11-17/h2-5,10-11H,6-9H2,1H3. The fourth-order valence-electron chi connectivity index (χ4n) is 2.31. The van der Waals surface area contributed by atoms with Gasteiger partial charge in [0.1, 0.15) is 0 Å². The van der Waals surface area contributed by atoms with Crippen molar-refractivity contribution in [3.63, 3.8) is 0 Å². The lowest BCUT2D eigenvalue weighted by Crippen LogP contribution is -2.36. The predicted molar refractivity (Wildman–Crippen MR) is 71.3 cm³/mol. The Morgan fingerprint density at radius 2 is 2.00 bits per heavy atom. The van der Waals surface area contributed by atoms with Gasteiger partial charge in [-0.1, -0.05) is 6.07 Å². The first-order chi connectivity index (χ1) is 8.84. The van der Waals surface area contributed by atoms with Crippen molar-refractivity contribution in [1.29, 1.82) is 0 Å². The number of nitrogens with zero attached hydrogens (tertiary/aromatic N) is 3. The summed E-state index contributed by atoms with van der Waals surface area (Å²) in [5, 5.41) is 0. The van der Waals surface area contributed by atoms with Crippen molar-refractivity contribution >= 4 is 5.69 Å². The molecular weight excluding hydrogens is 226 g/mol. The maximum Gasteiger partial charge on any atom is 0.0992 e. The van der Waals surface area contributed by atoms with E-state index in [2.05, 4.69) is 39.6 Å². The van der Waals surface area contributed by atoms with E-state index in [-0.39, 0.29) is 0 Å². The third-order valence-corrected chi connectivity index (χ3v) is 3.27. The van der Waals surface area contributed by atoms with Crippen molar-refractivity contribution in [2.75, 3.05) is 31.2 Å². The smallest absolute Gasteiger partial charge is 0.0992 e. The SMILES string of the molecule is Cc1ccc(N2CCOCC2)c(-n2ccnc2)c1. The molecule has 0 N–H and O–H groups in total. The Labute approximate surface area is 107 Å². The minimum Gasteiger partial charge on any atom is -0.378 e. The van der Waals surface area contributed by atoms with E-state index in [1.807, 2.05) is 18.7 Å². The highest BCUT2D eigenvalue weighted by Crippen LogP contribution is 2.26. The molecule has 1 fully saturated rings. The number of aromatic nitrogens is 2. The third kappa shape index (κ3) is 2.11. The maximum atomic E-state index is 5.41. The Hall–Kier alpha value is -1.81. The van der Waals surface area contributed by atoms with E-state index in [9.17, 15) is 0 Å². The van der Waals surface area contributed by atoms with Crippen LogP contribution >= 0.6 is 0 Å². The number of ether oxygens (including phenoxy) is 1. The van der Waals surface area contributed by atoms with Gasteiger partial charge in [0.05, 0.1) is 30.9 Å². The maximum absolute atomic E-state index is 5.41. The molecule has 0 aliphatic carbocycles. The minimum absolute atomic E-state index is 0.803. The zero-order chi connectivity index (χ0) is 12.4. The van der Waals surface area contributed by atoms with Crippen LogP contribution in [0.5, 0.6) is 0 Å². The molecule has 3 rings (SSSR count). The monoisotopic (exact) mass is 243 g/mol. The summed E-state index contributed by atoms with van der Waals surface area (Å²) in [6.07, 6.45) is 5.64. The van der Waals surface area contributed by atoms with E-state index >= 15 is 0 Å². The van der Waals surface area contributed by atoms with Crippen molar-refractivity contribution in [3.8, 4) is 5.69 Å². The average Bonchev–Trinajstić information content (AvgIpc) is 2.93. The van der Waals surface area contributed by atoms with E-state index in [0.29, 0.717) is 0 Å². The van der Waals surface area contributed by atoms with Gasteiger partial charge in [0.2, 0.25) is 0 Å². The molecule has 1 saturated heterocycles. The molecule has 4 heteroatoms. The van der Waals surface area contributed by atoms with E-state index in [0.717, 1.165) is 26.3 Å². The number of hydrogen-bond donors (Lipinski definition) is 0. The molecule has 1 aromatic heterocycles. The van der Waals surface area contributed by atoms with Crippen molar-refractivity contribution in [3.05, 3.63) is 42.5 Å². The molecule has 18 heavy (non-hydrogen) atoms. The van der Waals surface area contributed by atoms with Crippen LogP contribution < -0.4 is 4.90 Å². The van der Waals surface area contributed by atoms with Crippen LogP contribution in [0.25, 0.3) is 5.69 Å². The summed E-state index contributed by atoms with van der Waals surface area (Å²) in [5.41, 5.74) is 3.70. The molecule has 1 aromatic carbocycles. The molecule has 0 unspecified atom stereocenters. The molecule has 4 nitrogen and oxygen atoms in total. The molecule has 0 saturated carbocycles. The Bertz CT molecular complexity index is 516. The highest BCUT2D eigenvalue weighted by molar-refractivity contribution is 5.64. The van der Waals surface area contributed by atoms with Crippen LogP contribution in [0.4, 0.5) is 5.69 Å². The first kappa shape index (κ1) is 11.3. The molecule has 0 bridgehead atoms. The van der Waals surface area contributed by atoms with Gasteiger partial charge in [-0.2, -0.15) is 0 Å². The summed E-state index contributed by atoms with van der Waals surface area (Å²) in [4.78, 5) is 6.51. The molecule has 2 aromatic rings. The Morgan fingerprint density at radius 1 is 1.17 bits per heavy atom. The second kappa shape index (κ2) is 4.82. The highest BCUT2D eigenvalue weighted by atomic mass is 16.5. The Balaban J connectivity index is 2.02. The van der Waals surface area contributed by atoms with E-state index < -0.39 is 0 Å². The molecule has 1 aliphatic heterocycles. The highest BCUT2D eigenvalue weighted by Gasteiger charge is 2.15. The largest absolute Gasteiger partial charge is 0.378 e. The van der Waals surface area contributed by atoms with Crippen molar-refractivity contribution in [2.24, 2.45) is 0 Å². The van der Waals surface area contributed by atoms with Gasteiger partial charge >= 0.3 is 0 Å². The molecule has 0 radical (unpaired) electrons. The summed E-state index contributed by atoms with van der Waals surface area (Å²) in [5.74, 6) is 0. The molecule has 94 valence electrons. The molecule has 0 spiro atoms. The van der Waals surface area contributed by atoms with Gasteiger partial charge in [-0.25, -0.2) is 4.98 Å². The van der Waals surface area contributed by atoms with Crippen LogP contribution in [-0.2, 0) is 4.74 Å². The molecular formula is C14H17N3O. The van der Waals surface area contributed by atoms with Crippen LogP contribution in [0.3, 0.4) is 0 Å². The average molecular weight is 243 g/mol. The van der Waals surface area contributed by atoms with Crippen molar-refractivity contribution < 1.29 is 4.74 Å². The number of benzene rings is 1. The number of rotatable bonds is 2. The van der Waals surface area contributed by atoms with Crippen LogP contribution in [0, 0.1) is 6.92 Å². The molecule has 2 heterocycles. The Kier molecular flexibility index (Phi) is 3.02. The number of anilines is 1. The molecule has 1 aliphatic rings. The zero-order valence-electron chi connectivity index (χ0n) is 10.5. The first-order valence-electron chi connectivity index (χ1n) is 6.26. The third-order valence-electron chi connectivity index (χ3n) is 3.27. The van der Waals surface area contributed by atoms with Gasteiger partial charge in [0, 0.05) is 25.5 Å². The lowest BCUT2D eigenvalue weighted by molar-refractivity contribution is 0.122. The number of morpholine rings is 1. The number of imidazole rings is 1. The van der Waals surface area contributed by atoms with Crippen LogP contribution in [0.15, 0.2) is 36.9 Å². The summed E-state index contributed by atoms with van der Waals surface area (Å²) in [6.45, 7) is 5.62. The van der Waals surface area contributed by atoms with E-state index in [4.69, 9.17) is 4.74 Å². The minimum atomic E-state index is 0.803. The summed E-state index contributed by atoms with van der Waals surface area (Å²) in [7, 11) is 0. The summed E-state index contributed by atoms with van der Waals surface area (Å²) in [6, 6.07) is 6.55. The topological polar surface area (TPSA) is 30.3 Å². The zero-order valence-corrected chi connectivity index (χ0v) is 10.5. The van der Waals surface area contributed by atoms with E-state index in [1.54, 1.807) is 0 Å². The van der Waals surface area contributed by atoms with Gasteiger partial charge in [0.15, 0.2) is 0 Å². The quantitative estimate of drug-likeness (QED) is 0.808. The fraction of sp³-hybridized carbons (Fsp3) is 0.357. The second-order valence-electron chi connectivity index (χ2n) is 4.56. The van der Waals surface area contributed by atoms with Crippen LogP contribution in [0.2, 0.25) is 0 Å². The molecule has 0 amide bonds. The number of aryl methyl sites for hydroxylation is 1. The van der Waals surface area contributed by atoms with Gasteiger partial charge < -0.3 is 14.2 Å². The molecule has 0 atom stereocenters. The second-order valence-corrected chi connectivity index (χ2v) is 4.56. The summed E-state index contributed by atoms with van der Waals surface area (Å²) >= 11 is 0. The van der Waals surface area contributed by atoms with E-state index in [1.165, 1.54) is 16.9 Å².